The topological polar surface area (TPSA) is 64.3 Å². The van der Waals surface area contributed by atoms with Gasteiger partial charge in [-0.2, -0.15) is 18.2 Å². The van der Waals surface area contributed by atoms with Gasteiger partial charge < -0.3 is 9.84 Å². The van der Waals surface area contributed by atoms with Crippen molar-refractivity contribution < 1.29 is 27.8 Å². The average molecular weight is 368 g/mol. The number of carboxylic acids is 1. The van der Waals surface area contributed by atoms with Crippen LogP contribution in [0.3, 0.4) is 0 Å². The van der Waals surface area contributed by atoms with E-state index in [0.717, 1.165) is 18.4 Å². The minimum absolute atomic E-state index is 0.0704. The van der Waals surface area contributed by atoms with Gasteiger partial charge in [0.1, 0.15) is 6.10 Å². The molecule has 0 radical (unpaired) electrons. The molecule has 0 atom stereocenters. The number of aromatic nitrogens is 2. The van der Waals surface area contributed by atoms with Crippen LogP contribution in [0.2, 0.25) is 0 Å². The molecule has 0 bridgehead atoms. The number of hydrogen-bond acceptors (Lipinski definition) is 3. The fourth-order valence-electron chi connectivity index (χ4n) is 3.64. The predicted octanol–water partition coefficient (Wildman–Crippen LogP) is 4.57. The third kappa shape index (κ3) is 3.24. The fourth-order valence-corrected chi connectivity index (χ4v) is 3.64. The number of imidazole rings is 1. The zero-order valence-corrected chi connectivity index (χ0v) is 14.0. The predicted molar refractivity (Wildman–Crippen MR) is 87.4 cm³/mol. The summed E-state index contributed by atoms with van der Waals surface area (Å²) in [6.45, 7) is 0. The maximum atomic E-state index is 12.8. The summed E-state index contributed by atoms with van der Waals surface area (Å²) in [5, 5.41) is 9.14. The molecule has 4 rings (SSSR count). The molecule has 2 aliphatic carbocycles. The first-order chi connectivity index (χ1) is 12.3. The van der Waals surface area contributed by atoms with Gasteiger partial charge in [0.25, 0.3) is 6.01 Å². The van der Waals surface area contributed by atoms with E-state index in [2.05, 4.69) is 4.98 Å². The van der Waals surface area contributed by atoms with Crippen LogP contribution < -0.4 is 4.74 Å². The van der Waals surface area contributed by atoms with Crippen molar-refractivity contribution in [3.05, 3.63) is 23.8 Å². The molecule has 1 aromatic carbocycles. The van der Waals surface area contributed by atoms with Crippen LogP contribution in [0, 0.1) is 5.92 Å². The van der Waals surface area contributed by atoms with Crippen LogP contribution in [-0.2, 0) is 0 Å². The highest BCUT2D eigenvalue weighted by Crippen LogP contribution is 2.43. The minimum Gasteiger partial charge on any atom is -0.478 e. The van der Waals surface area contributed by atoms with Gasteiger partial charge in [-0.3, -0.25) is 4.57 Å². The summed E-state index contributed by atoms with van der Waals surface area (Å²) in [6.07, 6.45) is -1.62. The number of carboxylic acid groups (broad SMARTS) is 1. The van der Waals surface area contributed by atoms with E-state index < -0.39 is 18.1 Å². The lowest BCUT2D eigenvalue weighted by Crippen LogP contribution is -2.32. The summed E-state index contributed by atoms with van der Waals surface area (Å²) in [5.74, 6) is -2.27. The number of alkyl halides is 3. The first-order valence-electron chi connectivity index (χ1n) is 8.81. The number of aromatic carboxylic acids is 1. The lowest BCUT2D eigenvalue weighted by atomic mass is 9.87. The molecule has 1 heterocycles. The number of fused-ring (bicyclic) bond motifs is 1. The van der Waals surface area contributed by atoms with Gasteiger partial charge in [0, 0.05) is 6.04 Å². The van der Waals surface area contributed by atoms with Crippen LogP contribution in [0.25, 0.3) is 11.0 Å². The first-order valence-corrected chi connectivity index (χ1v) is 8.81. The van der Waals surface area contributed by atoms with Gasteiger partial charge in [-0.25, -0.2) is 4.79 Å². The summed E-state index contributed by atoms with van der Waals surface area (Å²) >= 11 is 0. The zero-order chi connectivity index (χ0) is 18.5. The molecule has 2 fully saturated rings. The van der Waals surface area contributed by atoms with Gasteiger partial charge in [-0.05, 0) is 56.7 Å². The Balaban J connectivity index is 1.56. The Morgan fingerprint density at radius 2 is 1.85 bits per heavy atom. The Kier molecular flexibility index (Phi) is 4.08. The summed E-state index contributed by atoms with van der Waals surface area (Å²) in [5.41, 5.74) is 1.49. The standard InChI is InChI=1S/C18H19F3N2O3/c19-18(20,21)11-2-6-13(7-3-11)26-17-22-14-9-10(16(24)25)1-8-15(14)23(17)12-4-5-12/h1,8-9,11-13H,2-7H2,(H,24,25). The monoisotopic (exact) mass is 368 g/mol. The van der Waals surface area contributed by atoms with Crippen molar-refractivity contribution in [3.8, 4) is 6.01 Å². The number of benzene rings is 1. The zero-order valence-electron chi connectivity index (χ0n) is 14.0. The van der Waals surface area contributed by atoms with Crippen LogP contribution >= 0.6 is 0 Å². The maximum Gasteiger partial charge on any atom is 0.391 e. The molecule has 26 heavy (non-hydrogen) atoms. The lowest BCUT2D eigenvalue weighted by Gasteiger charge is -2.29. The largest absolute Gasteiger partial charge is 0.478 e. The quantitative estimate of drug-likeness (QED) is 0.859. The second kappa shape index (κ2) is 6.17. The molecule has 1 N–H and O–H groups in total. The van der Waals surface area contributed by atoms with E-state index in [-0.39, 0.29) is 30.6 Å². The van der Waals surface area contributed by atoms with Gasteiger partial charge >= 0.3 is 12.1 Å². The molecule has 0 unspecified atom stereocenters. The van der Waals surface area contributed by atoms with Crippen molar-refractivity contribution in [3.63, 3.8) is 0 Å². The van der Waals surface area contributed by atoms with Crippen molar-refractivity contribution in [1.82, 2.24) is 9.55 Å². The minimum atomic E-state index is -4.14. The second-order valence-electron chi connectivity index (χ2n) is 7.14. The van der Waals surface area contributed by atoms with E-state index >= 15 is 0 Å². The molecular weight excluding hydrogens is 349 g/mol. The van der Waals surface area contributed by atoms with Crippen molar-refractivity contribution in [2.75, 3.05) is 0 Å². The van der Waals surface area contributed by atoms with Crippen molar-refractivity contribution in [1.29, 1.82) is 0 Å². The fraction of sp³-hybridized carbons (Fsp3) is 0.556. The van der Waals surface area contributed by atoms with E-state index in [9.17, 15) is 18.0 Å². The number of carbonyl (C=O) groups is 1. The highest BCUT2D eigenvalue weighted by Gasteiger charge is 2.42. The van der Waals surface area contributed by atoms with E-state index in [0.29, 0.717) is 24.4 Å². The Hall–Kier alpha value is -2.25. The van der Waals surface area contributed by atoms with Gasteiger partial charge in [0.15, 0.2) is 0 Å². The number of ether oxygens (including phenoxy) is 1. The van der Waals surface area contributed by atoms with Gasteiger partial charge in [0.2, 0.25) is 0 Å². The third-order valence-electron chi connectivity index (χ3n) is 5.23. The summed E-state index contributed by atoms with van der Waals surface area (Å²) in [7, 11) is 0. The summed E-state index contributed by atoms with van der Waals surface area (Å²) in [6, 6.07) is 5.41. The molecule has 8 heteroatoms. The Morgan fingerprint density at radius 1 is 1.15 bits per heavy atom. The Bertz CT molecular complexity index is 834. The maximum absolute atomic E-state index is 12.8. The van der Waals surface area contributed by atoms with Gasteiger partial charge in [0.05, 0.1) is 22.5 Å². The second-order valence-corrected chi connectivity index (χ2v) is 7.14. The summed E-state index contributed by atoms with van der Waals surface area (Å²) < 4.78 is 46.4. The van der Waals surface area contributed by atoms with E-state index in [1.807, 2.05) is 4.57 Å². The lowest BCUT2D eigenvalue weighted by molar-refractivity contribution is -0.185. The molecule has 5 nitrogen and oxygen atoms in total. The van der Waals surface area contributed by atoms with Crippen LogP contribution in [0.4, 0.5) is 13.2 Å². The number of rotatable bonds is 4. The van der Waals surface area contributed by atoms with Crippen LogP contribution in [0.5, 0.6) is 6.01 Å². The number of nitrogens with zero attached hydrogens (tertiary/aromatic N) is 2. The molecule has 0 amide bonds. The molecule has 2 aliphatic rings. The first kappa shape index (κ1) is 17.2. The Labute approximate surface area is 147 Å². The highest BCUT2D eigenvalue weighted by molar-refractivity contribution is 5.92. The third-order valence-corrected chi connectivity index (χ3v) is 5.23. The Morgan fingerprint density at radius 3 is 2.42 bits per heavy atom. The molecule has 0 aliphatic heterocycles. The molecule has 2 aromatic rings. The SMILES string of the molecule is O=C(O)c1ccc2c(c1)nc(OC1CCC(C(F)(F)F)CC1)n2C1CC1. The van der Waals surface area contributed by atoms with E-state index in [1.165, 1.54) is 12.1 Å². The van der Waals surface area contributed by atoms with E-state index in [4.69, 9.17) is 9.84 Å². The van der Waals surface area contributed by atoms with Crippen molar-refractivity contribution >= 4 is 17.0 Å². The van der Waals surface area contributed by atoms with Gasteiger partial charge in [-0.15, -0.1) is 0 Å². The molecule has 2 saturated carbocycles. The molecular formula is C18H19F3N2O3. The highest BCUT2D eigenvalue weighted by atomic mass is 19.4. The average Bonchev–Trinajstić information content (AvgIpc) is 3.35. The van der Waals surface area contributed by atoms with E-state index in [1.54, 1.807) is 6.07 Å². The molecule has 140 valence electrons. The molecule has 1 aromatic heterocycles. The number of hydrogen-bond donors (Lipinski definition) is 1. The van der Waals surface area contributed by atoms with Crippen molar-refractivity contribution in [2.24, 2.45) is 5.92 Å². The smallest absolute Gasteiger partial charge is 0.391 e. The van der Waals surface area contributed by atoms with Crippen LogP contribution in [-0.4, -0.2) is 32.9 Å². The van der Waals surface area contributed by atoms with Crippen LogP contribution in [0.15, 0.2) is 18.2 Å². The molecule has 0 saturated heterocycles. The normalized spacial score (nSPS) is 24.0. The van der Waals surface area contributed by atoms with Crippen molar-refractivity contribution in [2.45, 2.75) is 56.8 Å². The molecule has 0 spiro atoms. The van der Waals surface area contributed by atoms with Crippen LogP contribution in [0.1, 0.15) is 54.9 Å². The van der Waals surface area contributed by atoms with Gasteiger partial charge in [-0.1, -0.05) is 0 Å². The number of halogens is 3. The summed E-state index contributed by atoms with van der Waals surface area (Å²) in [4.78, 5) is 15.6.